The Morgan fingerprint density at radius 1 is 1.00 bits per heavy atom. The molecule has 1 amide bonds. The van der Waals surface area contributed by atoms with E-state index in [4.69, 9.17) is 4.74 Å². The maximum atomic E-state index is 12.4. The number of aromatic nitrogens is 2. The van der Waals surface area contributed by atoms with Gasteiger partial charge in [-0.25, -0.2) is 0 Å². The highest BCUT2D eigenvalue weighted by atomic mass is 16.5. The Labute approximate surface area is 196 Å². The first-order valence-corrected chi connectivity index (χ1v) is 11.7. The van der Waals surface area contributed by atoms with E-state index in [1.165, 1.54) is 5.56 Å². The van der Waals surface area contributed by atoms with Crippen LogP contribution in [0.2, 0.25) is 0 Å². The van der Waals surface area contributed by atoms with Crippen molar-refractivity contribution in [2.75, 3.05) is 31.1 Å². The van der Waals surface area contributed by atoms with Crippen LogP contribution < -0.4 is 15.0 Å². The van der Waals surface area contributed by atoms with Crippen LogP contribution in [0.5, 0.6) is 5.75 Å². The largest absolute Gasteiger partial charge is 0.492 e. The molecule has 1 aliphatic heterocycles. The molecule has 2 aromatic carbocycles. The molecule has 6 heteroatoms. The summed E-state index contributed by atoms with van der Waals surface area (Å²) in [6.07, 6.45) is 3.41. The van der Waals surface area contributed by atoms with E-state index < -0.39 is 0 Å². The molecule has 0 atom stereocenters. The number of hydrogen-bond acceptors (Lipinski definition) is 5. The predicted molar refractivity (Wildman–Crippen MR) is 131 cm³/mol. The average Bonchev–Trinajstić information content (AvgIpc) is 2.82. The van der Waals surface area contributed by atoms with Crippen LogP contribution >= 0.6 is 0 Å². The molecule has 1 aromatic heterocycles. The van der Waals surface area contributed by atoms with Crippen molar-refractivity contribution < 1.29 is 9.53 Å². The van der Waals surface area contributed by atoms with E-state index in [1.807, 2.05) is 32.0 Å². The number of anilines is 1. The molecule has 1 saturated heterocycles. The maximum Gasteiger partial charge on any atom is 0.271 e. The fraction of sp³-hybridized carbons (Fsp3) is 0.370. The number of carbonyl (C=O) groups excluding carboxylic acids is 1. The number of aryl methyl sites for hydroxylation is 2. The molecular formula is C27H32N4O2. The first-order chi connectivity index (χ1) is 16.1. The Bertz CT molecular complexity index is 1030. The van der Waals surface area contributed by atoms with Crippen LogP contribution in [-0.4, -0.2) is 42.3 Å². The van der Waals surface area contributed by atoms with Crippen molar-refractivity contribution in [2.45, 2.75) is 33.1 Å². The van der Waals surface area contributed by atoms with E-state index in [1.54, 1.807) is 6.07 Å². The number of nitrogens with one attached hydrogen (secondary N) is 1. The van der Waals surface area contributed by atoms with Gasteiger partial charge in [-0.15, -0.1) is 10.2 Å². The van der Waals surface area contributed by atoms with E-state index in [9.17, 15) is 4.79 Å². The summed E-state index contributed by atoms with van der Waals surface area (Å²) in [6.45, 7) is 6.82. The van der Waals surface area contributed by atoms with Crippen molar-refractivity contribution >= 4 is 11.7 Å². The van der Waals surface area contributed by atoms with Gasteiger partial charge in [0.25, 0.3) is 5.91 Å². The standard InChI is InChI=1S/C27H32N4O2/c1-20-16-21(2)18-24(17-20)33-15-12-28-27(32)25-8-9-26(30-29-25)31-13-10-23(11-14-31)19-22-6-4-3-5-7-22/h3-9,16-18,23H,10-15,19H2,1-2H3,(H,28,32). The molecule has 4 rings (SSSR count). The van der Waals surface area contributed by atoms with Crippen molar-refractivity contribution in [1.82, 2.24) is 15.5 Å². The van der Waals surface area contributed by atoms with Gasteiger partial charge >= 0.3 is 0 Å². The summed E-state index contributed by atoms with van der Waals surface area (Å²) in [5.74, 6) is 2.12. The highest BCUT2D eigenvalue weighted by Gasteiger charge is 2.21. The number of rotatable bonds is 8. The molecule has 6 nitrogen and oxygen atoms in total. The predicted octanol–water partition coefficient (Wildman–Crippen LogP) is 4.36. The van der Waals surface area contributed by atoms with E-state index in [2.05, 4.69) is 56.8 Å². The molecule has 0 aliphatic carbocycles. The molecule has 172 valence electrons. The van der Waals surface area contributed by atoms with Crippen LogP contribution in [0.4, 0.5) is 5.82 Å². The molecular weight excluding hydrogens is 412 g/mol. The van der Waals surface area contributed by atoms with Gasteiger partial charge in [0.05, 0.1) is 6.54 Å². The van der Waals surface area contributed by atoms with E-state index in [0.29, 0.717) is 24.8 Å². The molecule has 33 heavy (non-hydrogen) atoms. The van der Waals surface area contributed by atoms with E-state index in [-0.39, 0.29) is 5.91 Å². The van der Waals surface area contributed by atoms with E-state index in [0.717, 1.165) is 55.0 Å². The second-order valence-corrected chi connectivity index (χ2v) is 8.82. The van der Waals surface area contributed by atoms with Crippen LogP contribution in [0, 0.1) is 19.8 Å². The summed E-state index contributed by atoms with van der Waals surface area (Å²) >= 11 is 0. The topological polar surface area (TPSA) is 67.3 Å². The number of benzene rings is 2. The summed E-state index contributed by atoms with van der Waals surface area (Å²) in [6, 6.07) is 20.4. The summed E-state index contributed by atoms with van der Waals surface area (Å²) < 4.78 is 5.74. The zero-order valence-corrected chi connectivity index (χ0v) is 19.5. The third kappa shape index (κ3) is 6.54. The normalized spacial score (nSPS) is 14.2. The van der Waals surface area contributed by atoms with Crippen LogP contribution in [0.25, 0.3) is 0 Å². The molecule has 1 aliphatic rings. The third-order valence-corrected chi connectivity index (χ3v) is 6.04. The van der Waals surface area contributed by atoms with Gasteiger partial charge in [-0.1, -0.05) is 36.4 Å². The van der Waals surface area contributed by atoms with Crippen molar-refractivity contribution in [1.29, 1.82) is 0 Å². The first kappa shape index (κ1) is 22.8. The van der Waals surface area contributed by atoms with Gasteiger partial charge in [0, 0.05) is 13.1 Å². The molecule has 0 unspecified atom stereocenters. The quantitative estimate of drug-likeness (QED) is 0.523. The summed E-state index contributed by atoms with van der Waals surface area (Å²) in [5.41, 5.74) is 4.05. The highest BCUT2D eigenvalue weighted by molar-refractivity contribution is 5.92. The minimum absolute atomic E-state index is 0.236. The number of piperidine rings is 1. The van der Waals surface area contributed by atoms with Gasteiger partial charge in [-0.3, -0.25) is 4.79 Å². The molecule has 1 fully saturated rings. The van der Waals surface area contributed by atoms with Gasteiger partial charge in [0.1, 0.15) is 12.4 Å². The number of ether oxygens (including phenoxy) is 1. The Kier molecular flexibility index (Phi) is 7.55. The second kappa shape index (κ2) is 10.9. The number of amides is 1. The molecule has 0 saturated carbocycles. The lowest BCUT2D eigenvalue weighted by Crippen LogP contribution is -2.35. The lowest BCUT2D eigenvalue weighted by atomic mass is 9.90. The monoisotopic (exact) mass is 444 g/mol. The van der Waals surface area contributed by atoms with Crippen LogP contribution in [0.1, 0.15) is 40.0 Å². The van der Waals surface area contributed by atoms with Crippen molar-refractivity contribution in [2.24, 2.45) is 5.92 Å². The molecule has 0 spiro atoms. The zero-order chi connectivity index (χ0) is 23.0. The minimum Gasteiger partial charge on any atom is -0.492 e. The van der Waals surface area contributed by atoms with Crippen LogP contribution in [-0.2, 0) is 6.42 Å². The molecule has 1 N–H and O–H groups in total. The highest BCUT2D eigenvalue weighted by Crippen LogP contribution is 2.24. The van der Waals surface area contributed by atoms with Crippen LogP contribution in [0.15, 0.2) is 60.7 Å². The van der Waals surface area contributed by atoms with E-state index >= 15 is 0 Å². The number of nitrogens with zero attached hydrogens (tertiary/aromatic N) is 3. The van der Waals surface area contributed by atoms with Gasteiger partial charge in [0.2, 0.25) is 0 Å². The third-order valence-electron chi connectivity index (χ3n) is 6.04. The average molecular weight is 445 g/mol. The van der Waals surface area contributed by atoms with Gasteiger partial charge in [-0.2, -0.15) is 0 Å². The van der Waals surface area contributed by atoms with Gasteiger partial charge in [0.15, 0.2) is 11.5 Å². The van der Waals surface area contributed by atoms with Crippen molar-refractivity contribution in [3.8, 4) is 5.75 Å². The summed E-state index contributed by atoms with van der Waals surface area (Å²) in [5, 5.41) is 11.3. The molecule has 3 aromatic rings. The number of carbonyl (C=O) groups is 1. The zero-order valence-electron chi connectivity index (χ0n) is 19.5. The smallest absolute Gasteiger partial charge is 0.271 e. The molecule has 0 radical (unpaired) electrons. The Morgan fingerprint density at radius 2 is 1.73 bits per heavy atom. The minimum atomic E-state index is -0.236. The fourth-order valence-corrected chi connectivity index (χ4v) is 4.37. The fourth-order valence-electron chi connectivity index (χ4n) is 4.37. The van der Waals surface area contributed by atoms with Crippen molar-refractivity contribution in [3.05, 3.63) is 83.0 Å². The lowest BCUT2D eigenvalue weighted by molar-refractivity contribution is 0.0941. The molecule has 2 heterocycles. The van der Waals surface area contributed by atoms with Crippen LogP contribution in [0.3, 0.4) is 0 Å². The molecule has 0 bridgehead atoms. The SMILES string of the molecule is Cc1cc(C)cc(OCCNC(=O)c2ccc(N3CCC(Cc4ccccc4)CC3)nn2)c1. The second-order valence-electron chi connectivity index (χ2n) is 8.82. The maximum absolute atomic E-state index is 12.4. The van der Waals surface area contributed by atoms with Gasteiger partial charge < -0.3 is 15.0 Å². The Balaban J connectivity index is 1.20. The Morgan fingerprint density at radius 3 is 2.39 bits per heavy atom. The number of hydrogen-bond donors (Lipinski definition) is 1. The lowest BCUT2D eigenvalue weighted by Gasteiger charge is -2.32. The summed E-state index contributed by atoms with van der Waals surface area (Å²) in [4.78, 5) is 14.6. The Hall–Kier alpha value is -3.41. The van der Waals surface area contributed by atoms with Crippen molar-refractivity contribution in [3.63, 3.8) is 0 Å². The summed E-state index contributed by atoms with van der Waals surface area (Å²) in [7, 11) is 0. The first-order valence-electron chi connectivity index (χ1n) is 11.7. The van der Waals surface area contributed by atoms with Gasteiger partial charge in [-0.05, 0) is 80.0 Å².